The van der Waals surface area contributed by atoms with Gasteiger partial charge in [-0.2, -0.15) is 0 Å². The normalized spacial score (nSPS) is 17.7. The zero-order valence-corrected chi connectivity index (χ0v) is 12.4. The van der Waals surface area contributed by atoms with Crippen molar-refractivity contribution in [3.63, 3.8) is 0 Å². The fraction of sp³-hybridized carbons (Fsp3) is 0.667. The molecule has 100 valence electrons. The number of anilines is 1. The van der Waals surface area contributed by atoms with Gasteiger partial charge in [0.05, 0.1) is 0 Å². The van der Waals surface area contributed by atoms with Crippen molar-refractivity contribution in [3.8, 4) is 5.88 Å². The highest BCUT2D eigenvalue weighted by Gasteiger charge is 2.20. The maximum absolute atomic E-state index is 5.96. The molecular weight excluding hydrogens is 296 g/mol. The lowest BCUT2D eigenvalue weighted by molar-refractivity contribution is 0.109. The molecule has 0 radical (unpaired) electrons. The van der Waals surface area contributed by atoms with Crippen LogP contribution in [0.4, 0.5) is 5.82 Å². The summed E-state index contributed by atoms with van der Waals surface area (Å²) in [5.74, 6) is 1.42. The van der Waals surface area contributed by atoms with E-state index in [1.54, 1.807) is 0 Å². The summed E-state index contributed by atoms with van der Waals surface area (Å²) in [6, 6.07) is 0. The van der Waals surface area contributed by atoms with Crippen molar-refractivity contribution in [2.75, 3.05) is 32.0 Å². The lowest BCUT2D eigenvalue weighted by atomic mass is 10.1. The molecule has 1 saturated heterocycles. The number of halogens is 1. The summed E-state index contributed by atoms with van der Waals surface area (Å²) in [5, 5.41) is 3.17. The summed E-state index contributed by atoms with van der Waals surface area (Å²) in [6.07, 6.45) is 3.88. The molecule has 0 aromatic carbocycles. The SMILES string of the molecule is CCNc1ncnc(OC2CCN(C)CC2)c1Br. The second-order valence-electron chi connectivity index (χ2n) is 4.49. The molecule has 2 heterocycles. The minimum Gasteiger partial charge on any atom is -0.473 e. The van der Waals surface area contributed by atoms with Crippen LogP contribution in [0.15, 0.2) is 10.8 Å². The van der Waals surface area contributed by atoms with Crippen molar-refractivity contribution in [3.05, 3.63) is 10.8 Å². The molecule has 1 aromatic rings. The molecule has 0 atom stereocenters. The minimum absolute atomic E-state index is 0.252. The molecule has 18 heavy (non-hydrogen) atoms. The van der Waals surface area contributed by atoms with E-state index in [0.717, 1.165) is 42.8 Å². The van der Waals surface area contributed by atoms with E-state index >= 15 is 0 Å². The summed E-state index contributed by atoms with van der Waals surface area (Å²) in [6.45, 7) is 5.01. The molecule has 0 saturated carbocycles. The minimum atomic E-state index is 0.252. The van der Waals surface area contributed by atoms with Crippen molar-refractivity contribution < 1.29 is 4.74 Å². The second kappa shape index (κ2) is 6.33. The first-order valence-electron chi connectivity index (χ1n) is 6.30. The fourth-order valence-corrected chi connectivity index (χ4v) is 2.43. The first kappa shape index (κ1) is 13.5. The van der Waals surface area contributed by atoms with Crippen LogP contribution in [-0.4, -0.2) is 47.7 Å². The van der Waals surface area contributed by atoms with Crippen LogP contribution in [0, 0.1) is 0 Å². The van der Waals surface area contributed by atoms with Crippen molar-refractivity contribution >= 4 is 21.7 Å². The highest BCUT2D eigenvalue weighted by atomic mass is 79.9. The largest absolute Gasteiger partial charge is 0.473 e. The molecule has 1 aliphatic rings. The average molecular weight is 315 g/mol. The number of hydrogen-bond donors (Lipinski definition) is 1. The second-order valence-corrected chi connectivity index (χ2v) is 5.29. The van der Waals surface area contributed by atoms with Gasteiger partial charge in [-0.15, -0.1) is 0 Å². The van der Waals surface area contributed by atoms with Gasteiger partial charge in [0, 0.05) is 19.6 Å². The van der Waals surface area contributed by atoms with E-state index in [0.29, 0.717) is 5.88 Å². The Morgan fingerprint density at radius 1 is 1.44 bits per heavy atom. The van der Waals surface area contributed by atoms with Gasteiger partial charge in [-0.3, -0.25) is 0 Å². The lowest BCUT2D eigenvalue weighted by Crippen LogP contribution is -2.35. The lowest BCUT2D eigenvalue weighted by Gasteiger charge is -2.29. The smallest absolute Gasteiger partial charge is 0.233 e. The number of aromatic nitrogens is 2. The van der Waals surface area contributed by atoms with E-state index in [9.17, 15) is 0 Å². The molecular formula is C12H19BrN4O. The number of hydrogen-bond acceptors (Lipinski definition) is 5. The van der Waals surface area contributed by atoms with E-state index in [-0.39, 0.29) is 6.10 Å². The van der Waals surface area contributed by atoms with Gasteiger partial charge < -0.3 is 15.0 Å². The predicted octanol–water partition coefficient (Wildman–Crippen LogP) is 2.14. The maximum Gasteiger partial charge on any atom is 0.233 e. The summed E-state index contributed by atoms with van der Waals surface area (Å²) < 4.78 is 6.77. The number of piperidine rings is 1. The molecule has 1 aromatic heterocycles. The van der Waals surface area contributed by atoms with Gasteiger partial charge >= 0.3 is 0 Å². The topological polar surface area (TPSA) is 50.3 Å². The van der Waals surface area contributed by atoms with Crippen LogP contribution in [0.1, 0.15) is 19.8 Å². The Kier molecular flexibility index (Phi) is 4.77. The molecule has 5 nitrogen and oxygen atoms in total. The van der Waals surface area contributed by atoms with Crippen LogP contribution in [0.3, 0.4) is 0 Å². The molecule has 1 fully saturated rings. The van der Waals surface area contributed by atoms with Crippen molar-refractivity contribution in [2.24, 2.45) is 0 Å². The Morgan fingerprint density at radius 3 is 2.83 bits per heavy atom. The van der Waals surface area contributed by atoms with Crippen LogP contribution in [0.5, 0.6) is 5.88 Å². The summed E-state index contributed by atoms with van der Waals surface area (Å²) in [7, 11) is 2.14. The Balaban J connectivity index is 2.02. The zero-order valence-electron chi connectivity index (χ0n) is 10.8. The van der Waals surface area contributed by atoms with Crippen LogP contribution in [-0.2, 0) is 0 Å². The zero-order chi connectivity index (χ0) is 13.0. The summed E-state index contributed by atoms with van der Waals surface area (Å²) >= 11 is 3.50. The third-order valence-corrected chi connectivity index (χ3v) is 3.76. The Morgan fingerprint density at radius 2 is 2.17 bits per heavy atom. The van der Waals surface area contributed by atoms with Crippen LogP contribution in [0.2, 0.25) is 0 Å². The van der Waals surface area contributed by atoms with E-state index in [2.05, 4.69) is 43.2 Å². The monoisotopic (exact) mass is 314 g/mol. The van der Waals surface area contributed by atoms with Crippen molar-refractivity contribution in [1.82, 2.24) is 14.9 Å². The molecule has 0 bridgehead atoms. The average Bonchev–Trinajstić information content (AvgIpc) is 2.37. The number of nitrogens with zero attached hydrogens (tertiary/aromatic N) is 3. The number of ether oxygens (including phenoxy) is 1. The Hall–Kier alpha value is -0.880. The quantitative estimate of drug-likeness (QED) is 0.922. The summed E-state index contributed by atoms with van der Waals surface area (Å²) in [4.78, 5) is 10.7. The number of likely N-dealkylation sites (tertiary alicyclic amines) is 1. The van der Waals surface area contributed by atoms with Gasteiger partial charge in [0.15, 0.2) is 0 Å². The third kappa shape index (κ3) is 3.32. The summed E-state index contributed by atoms with van der Waals surface area (Å²) in [5.41, 5.74) is 0. The number of rotatable bonds is 4. The van der Waals surface area contributed by atoms with Crippen LogP contribution >= 0.6 is 15.9 Å². The third-order valence-electron chi connectivity index (χ3n) is 3.05. The molecule has 0 unspecified atom stereocenters. The van der Waals surface area contributed by atoms with Gasteiger partial charge in [0.1, 0.15) is 22.7 Å². The van der Waals surface area contributed by atoms with E-state index in [1.807, 2.05) is 6.92 Å². The molecule has 6 heteroatoms. The first-order chi connectivity index (χ1) is 8.70. The van der Waals surface area contributed by atoms with Gasteiger partial charge in [-0.25, -0.2) is 9.97 Å². The molecule has 0 amide bonds. The van der Waals surface area contributed by atoms with Gasteiger partial charge in [-0.1, -0.05) is 0 Å². The fourth-order valence-electron chi connectivity index (χ4n) is 1.99. The van der Waals surface area contributed by atoms with Crippen molar-refractivity contribution in [1.29, 1.82) is 0 Å². The Labute approximate surface area is 116 Å². The van der Waals surface area contributed by atoms with E-state index in [4.69, 9.17) is 4.74 Å². The molecule has 0 aliphatic carbocycles. The number of nitrogens with one attached hydrogen (secondary N) is 1. The highest BCUT2D eigenvalue weighted by molar-refractivity contribution is 9.10. The van der Waals surface area contributed by atoms with Gasteiger partial charge in [0.25, 0.3) is 0 Å². The standard InChI is InChI=1S/C12H19BrN4O/c1-3-14-11-10(13)12(16-8-15-11)18-9-4-6-17(2)7-5-9/h8-9H,3-7H2,1-2H3,(H,14,15,16). The first-order valence-corrected chi connectivity index (χ1v) is 7.09. The van der Waals surface area contributed by atoms with E-state index < -0.39 is 0 Å². The molecule has 2 rings (SSSR count). The van der Waals surface area contributed by atoms with E-state index in [1.165, 1.54) is 6.33 Å². The Bertz CT molecular complexity index is 394. The van der Waals surface area contributed by atoms with Gasteiger partial charge in [-0.05, 0) is 42.7 Å². The van der Waals surface area contributed by atoms with Crippen LogP contribution in [0.25, 0.3) is 0 Å². The maximum atomic E-state index is 5.96. The predicted molar refractivity (Wildman–Crippen MR) is 75.0 cm³/mol. The molecule has 1 aliphatic heterocycles. The molecule has 1 N–H and O–H groups in total. The highest BCUT2D eigenvalue weighted by Crippen LogP contribution is 2.30. The molecule has 0 spiro atoms. The van der Waals surface area contributed by atoms with Crippen LogP contribution < -0.4 is 10.1 Å². The van der Waals surface area contributed by atoms with Gasteiger partial charge in [0.2, 0.25) is 5.88 Å². The van der Waals surface area contributed by atoms with Crippen molar-refractivity contribution in [2.45, 2.75) is 25.9 Å².